The van der Waals surface area contributed by atoms with Gasteiger partial charge in [0.05, 0.1) is 6.61 Å². The molecule has 2 heteroatoms. The highest BCUT2D eigenvalue weighted by atomic mass is 32.2. The maximum absolute atomic E-state index is 4.96. The van der Waals surface area contributed by atoms with Crippen molar-refractivity contribution in [3.8, 4) is 0 Å². The molecule has 6 heavy (non-hydrogen) atoms. The van der Waals surface area contributed by atoms with E-state index in [4.69, 9.17) is 4.18 Å². The van der Waals surface area contributed by atoms with Crippen LogP contribution in [0, 0.1) is 0 Å². The van der Waals surface area contributed by atoms with E-state index in [0.29, 0.717) is 0 Å². The van der Waals surface area contributed by atoms with Gasteiger partial charge in [0, 0.05) is 6.26 Å². The van der Waals surface area contributed by atoms with Gasteiger partial charge in [-0.2, -0.15) is 0 Å². The first-order valence-corrected chi connectivity index (χ1v) is 3.59. The Labute approximate surface area is 41.5 Å². The summed E-state index contributed by atoms with van der Waals surface area (Å²) >= 11 is 0. The quantitative estimate of drug-likeness (QED) is 0.482. The number of hydrogen-bond donors (Lipinski definition) is 0. The van der Waals surface area contributed by atoms with E-state index in [1.54, 1.807) is 0 Å². The lowest BCUT2D eigenvalue weighted by Gasteiger charge is -1.93. The summed E-state index contributed by atoms with van der Waals surface area (Å²) < 4.78 is 4.96. The Morgan fingerprint density at radius 1 is 1.83 bits per heavy atom. The van der Waals surface area contributed by atoms with E-state index in [1.165, 1.54) is 0 Å². The van der Waals surface area contributed by atoms with Gasteiger partial charge in [-0.1, -0.05) is 16.6 Å². The SMILES string of the molecule is C=S(C)OCC. The lowest BCUT2D eigenvalue weighted by atomic mass is 10.9. The molecule has 0 rings (SSSR count). The van der Waals surface area contributed by atoms with Crippen molar-refractivity contribution in [3.05, 3.63) is 0 Å². The van der Waals surface area contributed by atoms with Crippen molar-refractivity contribution in [3.63, 3.8) is 0 Å². The summed E-state index contributed by atoms with van der Waals surface area (Å²) in [5.41, 5.74) is 0. The number of rotatable bonds is 2. The molecule has 0 N–H and O–H groups in total. The Hall–Kier alpha value is 0.180. The minimum atomic E-state index is -0.0656. The minimum Gasteiger partial charge on any atom is -0.324 e. The van der Waals surface area contributed by atoms with Crippen molar-refractivity contribution in [2.45, 2.75) is 6.92 Å². The molecule has 1 unspecified atom stereocenters. The van der Waals surface area contributed by atoms with E-state index in [2.05, 4.69) is 5.87 Å². The Morgan fingerprint density at radius 3 is 2.33 bits per heavy atom. The van der Waals surface area contributed by atoms with Crippen LogP contribution in [0.25, 0.3) is 0 Å². The molecule has 0 amide bonds. The summed E-state index contributed by atoms with van der Waals surface area (Å²) in [4.78, 5) is 0. The van der Waals surface area contributed by atoms with E-state index < -0.39 is 0 Å². The van der Waals surface area contributed by atoms with Gasteiger partial charge in [0.25, 0.3) is 0 Å². The van der Waals surface area contributed by atoms with E-state index >= 15 is 0 Å². The molecular formula is C4H10OS. The van der Waals surface area contributed by atoms with Crippen molar-refractivity contribution in [2.75, 3.05) is 12.9 Å². The number of hydrogen-bond acceptors (Lipinski definition) is 1. The summed E-state index contributed by atoms with van der Waals surface area (Å²) in [5, 5.41) is 0. The largest absolute Gasteiger partial charge is 0.324 e. The van der Waals surface area contributed by atoms with Gasteiger partial charge in [-0.3, -0.25) is 0 Å². The van der Waals surface area contributed by atoms with Crippen LogP contribution in [0.4, 0.5) is 0 Å². The first-order chi connectivity index (χ1) is 2.77. The smallest absolute Gasteiger partial charge is 0.0578 e. The third kappa shape index (κ3) is 4.18. The molecule has 0 aromatic carbocycles. The van der Waals surface area contributed by atoms with Crippen LogP contribution in [0.2, 0.25) is 0 Å². The van der Waals surface area contributed by atoms with Gasteiger partial charge < -0.3 is 4.18 Å². The highest BCUT2D eigenvalue weighted by molar-refractivity contribution is 8.09. The zero-order valence-corrected chi connectivity index (χ0v) is 5.05. The van der Waals surface area contributed by atoms with Crippen molar-refractivity contribution in [1.82, 2.24) is 0 Å². The van der Waals surface area contributed by atoms with E-state index in [9.17, 15) is 0 Å². The van der Waals surface area contributed by atoms with Crippen molar-refractivity contribution in [1.29, 1.82) is 0 Å². The van der Waals surface area contributed by atoms with Crippen LogP contribution in [0.15, 0.2) is 0 Å². The van der Waals surface area contributed by atoms with Crippen LogP contribution < -0.4 is 0 Å². The summed E-state index contributed by atoms with van der Waals surface area (Å²) in [6.07, 6.45) is 1.95. The molecule has 0 aliphatic carbocycles. The van der Waals surface area contributed by atoms with Crippen LogP contribution in [-0.2, 0) is 4.18 Å². The van der Waals surface area contributed by atoms with Crippen LogP contribution in [0.1, 0.15) is 6.92 Å². The fourth-order valence-electron chi connectivity index (χ4n) is 0.201. The fraction of sp³-hybridized carbons (Fsp3) is 0.750. The van der Waals surface area contributed by atoms with Gasteiger partial charge in [-0.15, -0.1) is 0 Å². The maximum Gasteiger partial charge on any atom is 0.0578 e. The van der Waals surface area contributed by atoms with Crippen LogP contribution >= 0.6 is 10.8 Å². The average molecular weight is 106 g/mol. The van der Waals surface area contributed by atoms with Gasteiger partial charge in [0.1, 0.15) is 0 Å². The lowest BCUT2D eigenvalue weighted by molar-refractivity contribution is 0.402. The summed E-state index contributed by atoms with van der Waals surface area (Å²) in [7, 11) is -0.0656. The van der Waals surface area contributed by atoms with E-state index in [-0.39, 0.29) is 10.8 Å². The van der Waals surface area contributed by atoms with Crippen LogP contribution in [0.5, 0.6) is 0 Å². The predicted octanol–water partition coefficient (Wildman–Crippen LogP) is 1.27. The molecule has 0 spiro atoms. The third-order valence-electron chi connectivity index (χ3n) is 0.319. The Morgan fingerprint density at radius 2 is 2.33 bits per heavy atom. The normalized spacial score (nSPS) is 14.3. The first kappa shape index (κ1) is 6.18. The highest BCUT2D eigenvalue weighted by Crippen LogP contribution is 2.00. The fourth-order valence-corrected chi connectivity index (χ4v) is 0.604. The Kier molecular flexibility index (Phi) is 3.47. The van der Waals surface area contributed by atoms with Crippen molar-refractivity contribution < 1.29 is 4.18 Å². The van der Waals surface area contributed by atoms with Gasteiger partial charge in [0.15, 0.2) is 0 Å². The van der Waals surface area contributed by atoms with Crippen LogP contribution in [-0.4, -0.2) is 18.7 Å². The third-order valence-corrected chi connectivity index (χ3v) is 0.957. The molecule has 0 fully saturated rings. The summed E-state index contributed by atoms with van der Waals surface area (Å²) in [6.45, 7) is 2.75. The molecule has 0 aliphatic heterocycles. The second kappa shape index (κ2) is 3.37. The highest BCUT2D eigenvalue weighted by Gasteiger charge is 1.71. The summed E-state index contributed by atoms with van der Waals surface area (Å²) in [5.74, 6) is 3.63. The average Bonchev–Trinajstić information content (AvgIpc) is 1.35. The van der Waals surface area contributed by atoms with Gasteiger partial charge >= 0.3 is 0 Å². The van der Waals surface area contributed by atoms with E-state index in [1.807, 2.05) is 13.2 Å². The molecule has 0 aliphatic rings. The van der Waals surface area contributed by atoms with Crippen molar-refractivity contribution in [2.24, 2.45) is 0 Å². The molecule has 0 saturated carbocycles. The minimum absolute atomic E-state index is 0.0656. The van der Waals surface area contributed by atoms with Gasteiger partial charge in [0.2, 0.25) is 0 Å². The van der Waals surface area contributed by atoms with E-state index in [0.717, 1.165) is 6.61 Å². The molecule has 0 aromatic heterocycles. The molecule has 0 bridgehead atoms. The lowest BCUT2D eigenvalue weighted by Crippen LogP contribution is -1.75. The zero-order chi connectivity index (χ0) is 4.99. The molecular weight excluding hydrogens is 96.1 g/mol. The molecule has 0 radical (unpaired) electrons. The first-order valence-electron chi connectivity index (χ1n) is 1.86. The topological polar surface area (TPSA) is 9.23 Å². The molecule has 1 nitrogen and oxygen atoms in total. The van der Waals surface area contributed by atoms with Gasteiger partial charge in [-0.25, -0.2) is 0 Å². The zero-order valence-electron chi connectivity index (χ0n) is 4.23. The molecule has 0 saturated heterocycles. The molecule has 0 heterocycles. The Bertz CT molecular complexity index is 51.5. The van der Waals surface area contributed by atoms with Crippen LogP contribution in [0.3, 0.4) is 0 Å². The second-order valence-electron chi connectivity index (χ2n) is 0.980. The maximum atomic E-state index is 4.96. The predicted molar refractivity (Wildman–Crippen MR) is 32.3 cm³/mol. The van der Waals surface area contributed by atoms with Gasteiger partial charge in [-0.05, 0) is 6.92 Å². The summed E-state index contributed by atoms with van der Waals surface area (Å²) in [6, 6.07) is 0. The monoisotopic (exact) mass is 106 g/mol. The van der Waals surface area contributed by atoms with Crippen molar-refractivity contribution >= 4 is 16.6 Å². The molecule has 0 aromatic rings. The second-order valence-corrected chi connectivity index (χ2v) is 2.36. The molecule has 1 atom stereocenters. The standard InChI is InChI=1S/C4H10OS/c1-4-5-6(2)3/h2,4H2,1,3H3. The molecule has 38 valence electrons. The Balaban J connectivity index is 2.83.